The van der Waals surface area contributed by atoms with Crippen molar-refractivity contribution in [2.24, 2.45) is 5.10 Å². The van der Waals surface area contributed by atoms with Gasteiger partial charge in [-0.15, -0.1) is 21.5 Å². The van der Waals surface area contributed by atoms with Gasteiger partial charge in [-0.05, 0) is 29.1 Å². The van der Waals surface area contributed by atoms with Gasteiger partial charge in [-0.1, -0.05) is 17.8 Å². The lowest BCUT2D eigenvalue weighted by Crippen LogP contribution is -2.13. The summed E-state index contributed by atoms with van der Waals surface area (Å²) in [7, 11) is 4.80. The molecule has 140 valence electrons. The summed E-state index contributed by atoms with van der Waals surface area (Å²) in [6.45, 7) is 0. The van der Waals surface area contributed by atoms with E-state index >= 15 is 0 Å². The number of rotatable bonds is 6. The number of hydrogen-bond donors (Lipinski definition) is 0. The third-order valence-electron chi connectivity index (χ3n) is 4.13. The summed E-state index contributed by atoms with van der Waals surface area (Å²) in [6.07, 6.45) is 0.547. The van der Waals surface area contributed by atoms with E-state index in [1.807, 2.05) is 22.9 Å². The predicted octanol–water partition coefficient (Wildman–Crippen LogP) is 3.31. The molecule has 0 N–H and O–H groups in total. The molecule has 0 atom stereocenters. The average Bonchev–Trinajstić information content (AvgIpc) is 3.37. The van der Waals surface area contributed by atoms with Crippen LogP contribution in [0, 0.1) is 0 Å². The van der Waals surface area contributed by atoms with E-state index in [1.54, 1.807) is 44.4 Å². The monoisotopic (exact) mass is 402 g/mol. The Balaban J connectivity index is 1.69. The zero-order valence-electron chi connectivity index (χ0n) is 15.1. The van der Waals surface area contributed by atoms with Gasteiger partial charge in [-0.2, -0.15) is 9.78 Å². The van der Waals surface area contributed by atoms with Gasteiger partial charge >= 0.3 is 0 Å². The molecule has 1 aromatic carbocycles. The van der Waals surface area contributed by atoms with Crippen molar-refractivity contribution in [1.82, 2.24) is 14.9 Å². The van der Waals surface area contributed by atoms with Crippen molar-refractivity contribution >= 4 is 28.8 Å². The van der Waals surface area contributed by atoms with Crippen LogP contribution in [0.25, 0.3) is 0 Å². The van der Waals surface area contributed by atoms with Crippen LogP contribution in [-0.2, 0) is 6.42 Å². The number of thiophene rings is 1. The van der Waals surface area contributed by atoms with Gasteiger partial charge in [0.2, 0.25) is 10.9 Å². The summed E-state index contributed by atoms with van der Waals surface area (Å²) in [4.78, 5) is 1.17. The number of nitrogens with zero attached hydrogens (tertiary/aromatic N) is 4. The molecule has 0 radical (unpaired) electrons. The first-order chi connectivity index (χ1) is 13.2. The molecule has 27 heavy (non-hydrogen) atoms. The van der Waals surface area contributed by atoms with E-state index in [9.17, 15) is 0 Å². The molecule has 0 unspecified atom stereocenters. The Bertz CT molecular complexity index is 958. The second-order valence-electron chi connectivity index (χ2n) is 5.73. The maximum atomic E-state index is 5.44. The van der Waals surface area contributed by atoms with E-state index in [2.05, 4.69) is 21.6 Å². The fourth-order valence-corrected chi connectivity index (χ4v) is 4.51. The summed E-state index contributed by atoms with van der Waals surface area (Å²) >= 11 is 3.33. The molecule has 7 nitrogen and oxygen atoms in total. The molecule has 0 aliphatic carbocycles. The van der Waals surface area contributed by atoms with Crippen LogP contribution in [0.4, 0.5) is 0 Å². The third-order valence-corrected chi connectivity index (χ3v) is 5.98. The summed E-state index contributed by atoms with van der Waals surface area (Å²) in [5, 5.41) is 16.2. The number of methoxy groups -OCH3 is 3. The van der Waals surface area contributed by atoms with Crippen molar-refractivity contribution in [1.29, 1.82) is 0 Å². The number of benzene rings is 1. The lowest BCUT2D eigenvalue weighted by molar-refractivity contribution is 0.324. The molecule has 9 heteroatoms. The molecule has 0 bridgehead atoms. The number of ether oxygens (including phenoxy) is 3. The lowest BCUT2D eigenvalue weighted by Gasteiger charge is -2.15. The number of fused-ring (bicyclic) bond motifs is 1. The Morgan fingerprint density at radius 2 is 1.85 bits per heavy atom. The maximum absolute atomic E-state index is 5.44. The number of thioether (sulfide) groups is 1. The fourth-order valence-electron chi connectivity index (χ4n) is 2.86. The SMILES string of the molecule is COc1cc(Cc2nnc3n2N=C(c2cccs2)CS3)cc(OC)c1OC. The van der Waals surface area contributed by atoms with Crippen LogP contribution >= 0.6 is 23.1 Å². The van der Waals surface area contributed by atoms with Gasteiger partial charge < -0.3 is 14.2 Å². The van der Waals surface area contributed by atoms with E-state index in [4.69, 9.17) is 19.3 Å². The van der Waals surface area contributed by atoms with E-state index in [0.29, 0.717) is 23.7 Å². The molecule has 1 aliphatic rings. The highest BCUT2D eigenvalue weighted by Gasteiger charge is 2.21. The Labute approximate surface area is 165 Å². The van der Waals surface area contributed by atoms with Gasteiger partial charge in [0.15, 0.2) is 17.3 Å². The van der Waals surface area contributed by atoms with E-state index < -0.39 is 0 Å². The Morgan fingerprint density at radius 3 is 2.48 bits per heavy atom. The van der Waals surface area contributed by atoms with E-state index in [-0.39, 0.29) is 0 Å². The normalized spacial score (nSPS) is 13.1. The third kappa shape index (κ3) is 3.40. The highest BCUT2D eigenvalue weighted by Crippen LogP contribution is 2.38. The van der Waals surface area contributed by atoms with E-state index in [0.717, 1.165) is 28.0 Å². The number of hydrogen-bond acceptors (Lipinski definition) is 8. The molecule has 2 aromatic heterocycles. The molecule has 1 aliphatic heterocycles. The largest absolute Gasteiger partial charge is 0.493 e. The van der Waals surface area contributed by atoms with Gasteiger partial charge in [0.1, 0.15) is 0 Å². The van der Waals surface area contributed by atoms with Crippen molar-refractivity contribution in [3.63, 3.8) is 0 Å². The quantitative estimate of drug-likeness (QED) is 0.630. The van der Waals surface area contributed by atoms with Crippen LogP contribution in [0.2, 0.25) is 0 Å². The average molecular weight is 403 g/mol. The number of aromatic nitrogens is 3. The van der Waals surface area contributed by atoms with E-state index in [1.165, 1.54) is 4.88 Å². The summed E-state index contributed by atoms with van der Waals surface area (Å²) in [5.74, 6) is 3.36. The minimum absolute atomic E-state index is 0.547. The topological polar surface area (TPSA) is 70.8 Å². The first kappa shape index (κ1) is 17.9. The van der Waals surface area contributed by atoms with Gasteiger partial charge in [0.05, 0.1) is 31.9 Å². The van der Waals surface area contributed by atoms with Crippen molar-refractivity contribution in [2.45, 2.75) is 11.6 Å². The van der Waals surface area contributed by atoms with Gasteiger partial charge in [-0.3, -0.25) is 0 Å². The van der Waals surface area contributed by atoms with Crippen LogP contribution < -0.4 is 14.2 Å². The molecule has 0 saturated carbocycles. The molecular weight excluding hydrogens is 384 g/mol. The molecule has 4 rings (SSSR count). The minimum atomic E-state index is 0.547. The van der Waals surface area contributed by atoms with Crippen molar-refractivity contribution in [2.75, 3.05) is 27.1 Å². The van der Waals surface area contributed by atoms with Gasteiger partial charge in [-0.25, -0.2) is 0 Å². The minimum Gasteiger partial charge on any atom is -0.493 e. The highest BCUT2D eigenvalue weighted by molar-refractivity contribution is 7.99. The molecule has 3 aromatic rings. The second-order valence-corrected chi connectivity index (χ2v) is 7.62. The first-order valence-corrected chi connectivity index (χ1v) is 10.1. The zero-order valence-corrected chi connectivity index (χ0v) is 16.8. The Morgan fingerprint density at radius 1 is 1.07 bits per heavy atom. The molecule has 0 saturated heterocycles. The van der Waals surface area contributed by atoms with Crippen LogP contribution in [0.5, 0.6) is 17.2 Å². The van der Waals surface area contributed by atoms with Crippen molar-refractivity contribution in [3.8, 4) is 17.2 Å². The predicted molar refractivity (Wildman–Crippen MR) is 106 cm³/mol. The molecule has 0 amide bonds. The molecule has 3 heterocycles. The molecular formula is C18H18N4O3S2. The summed E-state index contributed by atoms with van der Waals surface area (Å²) in [6, 6.07) is 7.95. The van der Waals surface area contributed by atoms with Crippen LogP contribution in [0.3, 0.4) is 0 Å². The van der Waals surface area contributed by atoms with Crippen LogP contribution in [0.15, 0.2) is 39.9 Å². The first-order valence-electron chi connectivity index (χ1n) is 8.21. The summed E-state index contributed by atoms with van der Waals surface area (Å²) < 4.78 is 18.1. The second kappa shape index (κ2) is 7.61. The molecule has 0 fully saturated rings. The van der Waals surface area contributed by atoms with Crippen molar-refractivity contribution < 1.29 is 14.2 Å². The zero-order chi connectivity index (χ0) is 18.8. The maximum Gasteiger partial charge on any atom is 0.212 e. The Hall–Kier alpha value is -2.52. The highest BCUT2D eigenvalue weighted by atomic mass is 32.2. The Kier molecular flexibility index (Phi) is 5.04. The fraction of sp³-hybridized carbons (Fsp3) is 0.278. The van der Waals surface area contributed by atoms with Gasteiger partial charge in [0, 0.05) is 12.2 Å². The molecule has 0 spiro atoms. The summed E-state index contributed by atoms with van der Waals surface area (Å²) in [5.41, 5.74) is 2.01. The smallest absolute Gasteiger partial charge is 0.212 e. The van der Waals surface area contributed by atoms with Crippen LogP contribution in [0.1, 0.15) is 16.3 Å². The standard InChI is InChI=1S/C18H18N4O3S2/c1-23-13-7-11(8-14(24-2)17(13)25-3)9-16-19-20-18-22(16)21-12(10-27-18)15-5-4-6-26-15/h4-8H,9-10H2,1-3H3. The van der Waals surface area contributed by atoms with Crippen LogP contribution in [-0.4, -0.2) is 47.7 Å². The van der Waals surface area contributed by atoms with Crippen molar-refractivity contribution in [3.05, 3.63) is 45.9 Å². The van der Waals surface area contributed by atoms with Gasteiger partial charge in [0.25, 0.3) is 0 Å². The lowest BCUT2D eigenvalue weighted by atomic mass is 10.1.